The Hall–Kier alpha value is -4.33. The fourth-order valence-corrected chi connectivity index (χ4v) is 8.36. The molecule has 2 fully saturated rings. The van der Waals surface area contributed by atoms with E-state index >= 15 is 0 Å². The molecule has 0 spiro atoms. The van der Waals surface area contributed by atoms with Crippen molar-refractivity contribution in [3.05, 3.63) is 88.9 Å². The molecule has 0 saturated heterocycles. The minimum atomic E-state index is -1.02. The SMILES string of the molecule is O=C(O)/C=C/c1ccc(NC(=O)C2(NC(=O)c3ccc4c(c3)N3CCCc5occc5C3C4C3CCCCC3)CCCC2)cc1. The molecule has 2 atom stereocenters. The van der Waals surface area contributed by atoms with Crippen molar-refractivity contribution in [3.63, 3.8) is 0 Å². The van der Waals surface area contributed by atoms with Gasteiger partial charge in [0.05, 0.1) is 12.3 Å². The monoisotopic (exact) mass is 607 g/mol. The molecule has 4 aliphatic rings. The largest absolute Gasteiger partial charge is 0.478 e. The summed E-state index contributed by atoms with van der Waals surface area (Å²) in [6.45, 7) is 0.924. The predicted octanol–water partition coefficient (Wildman–Crippen LogP) is 7.23. The van der Waals surface area contributed by atoms with Crippen LogP contribution in [0.4, 0.5) is 11.4 Å². The van der Waals surface area contributed by atoms with Crippen LogP contribution in [0.1, 0.15) is 109 Å². The summed E-state index contributed by atoms with van der Waals surface area (Å²) in [4.78, 5) is 41.0. The number of amides is 2. The molecule has 8 nitrogen and oxygen atoms in total. The number of benzene rings is 2. The van der Waals surface area contributed by atoms with E-state index in [1.165, 1.54) is 49.3 Å². The third-order valence-corrected chi connectivity index (χ3v) is 10.5. The Balaban J connectivity index is 1.13. The molecular weight excluding hydrogens is 566 g/mol. The van der Waals surface area contributed by atoms with E-state index in [0.29, 0.717) is 35.9 Å². The average molecular weight is 608 g/mol. The molecule has 2 saturated carbocycles. The van der Waals surface area contributed by atoms with Crippen LogP contribution < -0.4 is 15.5 Å². The summed E-state index contributed by atoms with van der Waals surface area (Å²) in [5, 5.41) is 15.0. The Bertz CT molecular complexity index is 1610. The molecule has 0 radical (unpaired) electrons. The van der Waals surface area contributed by atoms with Crippen LogP contribution in [-0.4, -0.2) is 35.0 Å². The molecule has 0 bridgehead atoms. The number of carbonyl (C=O) groups excluding carboxylic acids is 2. The second-order valence-corrected chi connectivity index (χ2v) is 13.2. The van der Waals surface area contributed by atoms with Gasteiger partial charge in [-0.25, -0.2) is 4.79 Å². The van der Waals surface area contributed by atoms with Crippen LogP contribution in [0.3, 0.4) is 0 Å². The number of nitrogens with zero attached hydrogens (tertiary/aromatic N) is 1. The van der Waals surface area contributed by atoms with Gasteiger partial charge in [-0.05, 0) is 85.6 Å². The van der Waals surface area contributed by atoms with Gasteiger partial charge >= 0.3 is 5.97 Å². The zero-order valence-corrected chi connectivity index (χ0v) is 25.6. The van der Waals surface area contributed by atoms with Crippen molar-refractivity contribution in [2.45, 2.75) is 88.1 Å². The van der Waals surface area contributed by atoms with E-state index in [0.717, 1.165) is 55.3 Å². The molecule has 3 N–H and O–H groups in total. The highest BCUT2D eigenvalue weighted by atomic mass is 16.4. The molecule has 3 aromatic rings. The Morgan fingerprint density at radius 2 is 1.69 bits per heavy atom. The second-order valence-electron chi connectivity index (χ2n) is 13.2. The molecule has 2 aliphatic carbocycles. The van der Waals surface area contributed by atoms with Crippen molar-refractivity contribution >= 4 is 35.2 Å². The molecule has 2 unspecified atom stereocenters. The summed E-state index contributed by atoms with van der Waals surface area (Å²) in [5.74, 6) is 0.638. The number of carbonyl (C=O) groups is 3. The molecule has 2 aliphatic heterocycles. The fourth-order valence-electron chi connectivity index (χ4n) is 8.36. The molecule has 2 amide bonds. The molecule has 234 valence electrons. The number of furan rings is 1. The standard InChI is InChI=1S/C37H41N3O5/c41-32(42)17-12-24-10-14-27(15-11-24)38-36(44)37(19-4-5-20-37)39-35(43)26-13-16-28-30(23-26)40-21-6-9-31-29(18-22-45-31)34(40)33(28)25-7-2-1-3-8-25/h10-18,22-23,25,33-34H,1-9,19-21H2,(H,38,44)(H,39,43)(H,41,42)/b17-12+. The Kier molecular flexibility index (Phi) is 7.98. The fraction of sp³-hybridized carbons (Fsp3) is 0.432. The number of hydrogen-bond donors (Lipinski definition) is 3. The van der Waals surface area contributed by atoms with Gasteiger partial charge in [-0.2, -0.15) is 0 Å². The first-order valence-electron chi connectivity index (χ1n) is 16.5. The zero-order valence-electron chi connectivity index (χ0n) is 25.6. The van der Waals surface area contributed by atoms with Gasteiger partial charge in [-0.15, -0.1) is 0 Å². The molecule has 45 heavy (non-hydrogen) atoms. The van der Waals surface area contributed by atoms with Crippen molar-refractivity contribution in [1.82, 2.24) is 5.32 Å². The summed E-state index contributed by atoms with van der Waals surface area (Å²) in [5.41, 5.74) is 4.72. The number of hydrogen-bond acceptors (Lipinski definition) is 5. The number of carboxylic acid groups (broad SMARTS) is 1. The van der Waals surface area contributed by atoms with Crippen molar-refractivity contribution in [2.24, 2.45) is 5.92 Å². The number of nitrogens with one attached hydrogen (secondary N) is 2. The van der Waals surface area contributed by atoms with Gasteiger partial charge in [0.25, 0.3) is 5.91 Å². The number of fused-ring (bicyclic) bond motifs is 5. The van der Waals surface area contributed by atoms with Crippen LogP contribution in [0, 0.1) is 5.92 Å². The summed E-state index contributed by atoms with van der Waals surface area (Å²) in [6, 6.07) is 15.6. The van der Waals surface area contributed by atoms with Gasteiger partial charge in [0.2, 0.25) is 5.91 Å². The molecule has 8 heteroatoms. The first-order valence-corrected chi connectivity index (χ1v) is 16.5. The van der Waals surface area contributed by atoms with Gasteiger partial charge in [0.15, 0.2) is 0 Å². The lowest BCUT2D eigenvalue weighted by atomic mass is 9.73. The average Bonchev–Trinajstić information content (AvgIpc) is 3.77. The van der Waals surface area contributed by atoms with Crippen molar-refractivity contribution < 1.29 is 23.9 Å². The van der Waals surface area contributed by atoms with Gasteiger partial charge in [-0.3, -0.25) is 9.59 Å². The van der Waals surface area contributed by atoms with Crippen LogP contribution in [0.2, 0.25) is 0 Å². The highest BCUT2D eigenvalue weighted by Crippen LogP contribution is 2.56. The summed E-state index contributed by atoms with van der Waals surface area (Å²) >= 11 is 0. The normalized spacial score (nSPS) is 22.4. The van der Waals surface area contributed by atoms with Crippen molar-refractivity contribution in [2.75, 3.05) is 16.8 Å². The number of rotatable bonds is 7. The van der Waals surface area contributed by atoms with Crippen LogP contribution in [0.5, 0.6) is 0 Å². The van der Waals surface area contributed by atoms with E-state index in [1.807, 2.05) is 12.3 Å². The maximum atomic E-state index is 13.9. The lowest BCUT2D eigenvalue weighted by molar-refractivity contribution is -0.131. The summed E-state index contributed by atoms with van der Waals surface area (Å²) in [7, 11) is 0. The number of aliphatic carboxylic acids is 1. The smallest absolute Gasteiger partial charge is 0.328 e. The molecule has 7 rings (SSSR count). The number of carboxylic acids is 1. The van der Waals surface area contributed by atoms with Gasteiger partial charge in [0, 0.05) is 47.5 Å². The van der Waals surface area contributed by atoms with Crippen molar-refractivity contribution in [3.8, 4) is 0 Å². The molecule has 1 aromatic heterocycles. The Morgan fingerprint density at radius 3 is 2.44 bits per heavy atom. The lowest BCUT2D eigenvalue weighted by Gasteiger charge is -2.35. The first-order chi connectivity index (χ1) is 21.9. The predicted molar refractivity (Wildman–Crippen MR) is 173 cm³/mol. The van der Waals surface area contributed by atoms with Gasteiger partial charge in [-0.1, -0.05) is 50.3 Å². The van der Waals surface area contributed by atoms with Crippen molar-refractivity contribution in [1.29, 1.82) is 0 Å². The van der Waals surface area contributed by atoms with E-state index in [2.05, 4.69) is 33.7 Å². The highest BCUT2D eigenvalue weighted by molar-refractivity contribution is 6.04. The highest BCUT2D eigenvalue weighted by Gasteiger charge is 2.47. The first kappa shape index (κ1) is 29.4. The lowest BCUT2D eigenvalue weighted by Crippen LogP contribution is -2.55. The zero-order chi connectivity index (χ0) is 31.0. The van der Waals surface area contributed by atoms with E-state index in [9.17, 15) is 14.4 Å². The van der Waals surface area contributed by atoms with Gasteiger partial charge in [0.1, 0.15) is 11.3 Å². The maximum absolute atomic E-state index is 13.9. The minimum absolute atomic E-state index is 0.222. The number of aryl methyl sites for hydroxylation is 1. The van der Waals surface area contributed by atoms with Crippen LogP contribution in [0.25, 0.3) is 6.08 Å². The molecule has 3 heterocycles. The van der Waals surface area contributed by atoms with E-state index in [4.69, 9.17) is 9.52 Å². The van der Waals surface area contributed by atoms with Crippen LogP contribution >= 0.6 is 0 Å². The van der Waals surface area contributed by atoms with Crippen LogP contribution in [0.15, 0.2) is 65.3 Å². The third-order valence-electron chi connectivity index (χ3n) is 10.5. The maximum Gasteiger partial charge on any atom is 0.328 e. The second kappa shape index (κ2) is 12.2. The minimum Gasteiger partial charge on any atom is -0.478 e. The Morgan fingerprint density at radius 1 is 0.911 bits per heavy atom. The quantitative estimate of drug-likeness (QED) is 0.244. The number of anilines is 2. The van der Waals surface area contributed by atoms with E-state index in [-0.39, 0.29) is 17.9 Å². The van der Waals surface area contributed by atoms with Gasteiger partial charge < -0.3 is 25.1 Å². The molecular formula is C37H41N3O5. The summed E-state index contributed by atoms with van der Waals surface area (Å²) in [6.07, 6.45) is 15.6. The Labute approximate surface area is 263 Å². The van der Waals surface area contributed by atoms with Crippen LogP contribution in [-0.2, 0) is 16.0 Å². The third kappa shape index (κ3) is 5.67. The topological polar surface area (TPSA) is 112 Å². The van der Waals surface area contributed by atoms with E-state index in [1.54, 1.807) is 24.3 Å². The molecule has 2 aromatic carbocycles. The van der Waals surface area contributed by atoms with E-state index < -0.39 is 11.5 Å². The summed E-state index contributed by atoms with van der Waals surface area (Å²) < 4.78 is 5.96.